The minimum absolute atomic E-state index is 0.310. The van der Waals surface area contributed by atoms with Gasteiger partial charge in [0.15, 0.2) is 5.56 Å². The number of rotatable bonds is 4. The fourth-order valence-corrected chi connectivity index (χ4v) is 2.65. The largest absolute Gasteiger partial charge is 0.462 e. The highest BCUT2D eigenvalue weighted by atomic mass is 16.5. The highest BCUT2D eigenvalue weighted by Gasteiger charge is 2.29. The zero-order valence-corrected chi connectivity index (χ0v) is 13.2. The third-order valence-corrected chi connectivity index (χ3v) is 3.73. The molecule has 0 bridgehead atoms. The van der Waals surface area contributed by atoms with Gasteiger partial charge in [0.2, 0.25) is 11.4 Å². The fourth-order valence-electron chi connectivity index (χ4n) is 2.65. The second kappa shape index (κ2) is 6.48. The van der Waals surface area contributed by atoms with Crippen LogP contribution in [0.5, 0.6) is 0 Å². The third kappa shape index (κ3) is 2.88. The molecule has 1 aromatic heterocycles. The summed E-state index contributed by atoms with van der Waals surface area (Å²) < 4.78 is 7.16. The number of hydrogen-bond donors (Lipinski definition) is 1. The van der Waals surface area contributed by atoms with E-state index >= 15 is 0 Å². The normalized spacial score (nSPS) is 10.5. The molecule has 1 heterocycles. The topological polar surface area (TPSA) is 46.0 Å². The van der Waals surface area contributed by atoms with E-state index in [0.29, 0.717) is 12.2 Å². The molecule has 2 aromatic carbocycles. The Morgan fingerprint density at radius 3 is 2.26 bits per heavy atom. The van der Waals surface area contributed by atoms with Crippen LogP contribution in [0.1, 0.15) is 23.0 Å². The van der Waals surface area contributed by atoms with Crippen LogP contribution in [0.3, 0.4) is 0 Å². The first-order valence-electron chi connectivity index (χ1n) is 7.65. The summed E-state index contributed by atoms with van der Waals surface area (Å²) in [6.07, 6.45) is 0. The highest BCUT2D eigenvalue weighted by Crippen LogP contribution is 2.24. The van der Waals surface area contributed by atoms with Crippen LogP contribution in [-0.2, 0) is 4.74 Å². The molecule has 1 N–H and O–H groups in total. The van der Waals surface area contributed by atoms with Gasteiger partial charge >= 0.3 is 5.97 Å². The summed E-state index contributed by atoms with van der Waals surface area (Å²) in [7, 11) is 0. The van der Waals surface area contributed by atoms with Crippen molar-refractivity contribution in [2.75, 3.05) is 6.61 Å². The number of esters is 1. The first kappa shape index (κ1) is 15.0. The van der Waals surface area contributed by atoms with E-state index in [-0.39, 0.29) is 5.97 Å². The van der Waals surface area contributed by atoms with Gasteiger partial charge in [0, 0.05) is 24.6 Å². The lowest BCUT2D eigenvalue weighted by Crippen LogP contribution is -2.35. The predicted octanol–water partition coefficient (Wildman–Crippen LogP) is 3.44. The monoisotopic (exact) mass is 307 g/mol. The van der Waals surface area contributed by atoms with E-state index in [1.165, 1.54) is 0 Å². The molecule has 0 amide bonds. The fraction of sp³-hybridized carbons (Fsp3) is 0.158. The second-order valence-electron chi connectivity index (χ2n) is 5.20. The van der Waals surface area contributed by atoms with Crippen molar-refractivity contribution in [2.24, 2.45) is 0 Å². The summed E-state index contributed by atoms with van der Waals surface area (Å²) in [5.74, 6) is -0.310. The van der Waals surface area contributed by atoms with Crippen molar-refractivity contribution in [3.63, 3.8) is 0 Å². The molecule has 4 nitrogen and oxygen atoms in total. The Morgan fingerprint density at radius 2 is 1.65 bits per heavy atom. The Morgan fingerprint density at radius 1 is 1.04 bits per heavy atom. The molecular formula is C19H19N2O2+. The summed E-state index contributed by atoms with van der Waals surface area (Å²) in [6.45, 7) is 4.08. The van der Waals surface area contributed by atoms with Gasteiger partial charge in [-0.2, -0.15) is 5.10 Å². The van der Waals surface area contributed by atoms with Crippen molar-refractivity contribution in [1.29, 1.82) is 0 Å². The SMILES string of the molecule is CCOC(=O)c1c(-c2ccccc2)[nH][n+](-c2ccccc2)c1C. The van der Waals surface area contributed by atoms with Crippen molar-refractivity contribution in [3.8, 4) is 16.9 Å². The molecule has 0 saturated carbocycles. The lowest BCUT2D eigenvalue weighted by atomic mass is 10.1. The summed E-state index contributed by atoms with van der Waals surface area (Å²) in [6, 6.07) is 19.7. The van der Waals surface area contributed by atoms with Crippen LogP contribution in [0.25, 0.3) is 16.9 Å². The Bertz CT molecular complexity index is 808. The number of aromatic nitrogens is 2. The van der Waals surface area contributed by atoms with E-state index in [1.54, 1.807) is 0 Å². The number of hydrogen-bond acceptors (Lipinski definition) is 2. The molecule has 0 radical (unpaired) electrons. The van der Waals surface area contributed by atoms with Gasteiger partial charge in [0.25, 0.3) is 0 Å². The molecule has 0 atom stereocenters. The van der Waals surface area contributed by atoms with E-state index < -0.39 is 0 Å². The van der Waals surface area contributed by atoms with Gasteiger partial charge in [-0.25, -0.2) is 4.79 Å². The molecule has 3 rings (SSSR count). The number of nitrogens with one attached hydrogen (secondary N) is 1. The van der Waals surface area contributed by atoms with E-state index in [4.69, 9.17) is 4.74 Å². The smallest absolute Gasteiger partial charge is 0.347 e. The summed E-state index contributed by atoms with van der Waals surface area (Å²) in [5.41, 5.74) is 4.09. The molecule has 3 aromatic rings. The van der Waals surface area contributed by atoms with Gasteiger partial charge in [0.1, 0.15) is 5.69 Å². The number of aromatic amines is 1. The summed E-state index contributed by atoms with van der Waals surface area (Å²) in [5, 5.41) is 3.34. The molecular weight excluding hydrogens is 288 g/mol. The summed E-state index contributed by atoms with van der Waals surface area (Å²) >= 11 is 0. The molecule has 116 valence electrons. The van der Waals surface area contributed by atoms with Gasteiger partial charge in [-0.1, -0.05) is 53.2 Å². The van der Waals surface area contributed by atoms with Crippen LogP contribution in [0.2, 0.25) is 0 Å². The average molecular weight is 307 g/mol. The van der Waals surface area contributed by atoms with E-state index in [2.05, 4.69) is 5.10 Å². The maximum atomic E-state index is 12.4. The van der Waals surface area contributed by atoms with Crippen LogP contribution < -0.4 is 4.68 Å². The van der Waals surface area contributed by atoms with Gasteiger partial charge in [-0.3, -0.25) is 0 Å². The molecule has 0 unspecified atom stereocenters. The van der Waals surface area contributed by atoms with E-state index in [9.17, 15) is 4.79 Å². The van der Waals surface area contributed by atoms with Gasteiger partial charge < -0.3 is 4.74 Å². The predicted molar refractivity (Wildman–Crippen MR) is 88.5 cm³/mol. The van der Waals surface area contributed by atoms with Gasteiger partial charge in [-0.05, 0) is 6.92 Å². The minimum Gasteiger partial charge on any atom is -0.462 e. The number of ether oxygens (including phenoxy) is 1. The lowest BCUT2D eigenvalue weighted by molar-refractivity contribution is -0.660. The number of para-hydroxylation sites is 1. The second-order valence-corrected chi connectivity index (χ2v) is 5.20. The number of benzene rings is 2. The number of nitrogens with zero attached hydrogens (tertiary/aromatic N) is 1. The lowest BCUT2D eigenvalue weighted by Gasteiger charge is -2.01. The number of carbonyl (C=O) groups is 1. The van der Waals surface area contributed by atoms with Crippen LogP contribution in [-0.4, -0.2) is 17.7 Å². The Hall–Kier alpha value is -2.88. The quantitative estimate of drug-likeness (QED) is 0.593. The van der Waals surface area contributed by atoms with Crippen LogP contribution >= 0.6 is 0 Å². The highest BCUT2D eigenvalue weighted by molar-refractivity contribution is 5.96. The standard InChI is InChI=1S/C19H18N2O2/c1-3-23-19(22)17-14(2)21(16-12-8-5-9-13-16)20-18(17)15-10-6-4-7-11-15/h4-13H,3H2,1-2H3/p+1. The van der Waals surface area contributed by atoms with Crippen molar-refractivity contribution in [1.82, 2.24) is 5.10 Å². The minimum atomic E-state index is -0.310. The third-order valence-electron chi connectivity index (χ3n) is 3.73. The van der Waals surface area contributed by atoms with Gasteiger partial charge in [-0.15, -0.1) is 0 Å². The Labute approximate surface area is 135 Å². The zero-order chi connectivity index (χ0) is 16.2. The maximum absolute atomic E-state index is 12.4. The van der Waals surface area contributed by atoms with Crippen LogP contribution in [0.4, 0.5) is 0 Å². The molecule has 0 aliphatic heterocycles. The number of H-pyrrole nitrogens is 1. The van der Waals surface area contributed by atoms with Gasteiger partial charge in [0.05, 0.1) is 6.61 Å². The molecule has 23 heavy (non-hydrogen) atoms. The maximum Gasteiger partial charge on any atom is 0.347 e. The molecule has 0 aliphatic rings. The van der Waals surface area contributed by atoms with Crippen molar-refractivity contribution in [2.45, 2.75) is 13.8 Å². The van der Waals surface area contributed by atoms with Crippen LogP contribution in [0.15, 0.2) is 60.7 Å². The first-order valence-corrected chi connectivity index (χ1v) is 7.65. The van der Waals surface area contributed by atoms with E-state index in [0.717, 1.165) is 22.6 Å². The molecule has 0 saturated heterocycles. The Balaban J connectivity index is 2.20. The Kier molecular flexibility index (Phi) is 4.24. The molecule has 0 aliphatic carbocycles. The zero-order valence-electron chi connectivity index (χ0n) is 13.2. The van der Waals surface area contributed by atoms with Crippen molar-refractivity contribution in [3.05, 3.63) is 71.9 Å². The number of carbonyl (C=O) groups excluding carboxylic acids is 1. The molecule has 0 fully saturated rings. The molecule has 4 heteroatoms. The summed E-state index contributed by atoms with van der Waals surface area (Å²) in [4.78, 5) is 12.4. The first-order chi connectivity index (χ1) is 11.2. The average Bonchev–Trinajstić information content (AvgIpc) is 2.94. The van der Waals surface area contributed by atoms with E-state index in [1.807, 2.05) is 79.2 Å². The molecule has 0 spiro atoms. The van der Waals surface area contributed by atoms with Crippen molar-refractivity contribution < 1.29 is 14.2 Å². The van der Waals surface area contributed by atoms with Crippen molar-refractivity contribution >= 4 is 5.97 Å². The van der Waals surface area contributed by atoms with Crippen LogP contribution in [0, 0.1) is 6.92 Å².